The fraction of sp³-hybridized carbons (Fsp3) is 1.00. The highest BCUT2D eigenvalue weighted by Crippen LogP contribution is 2.43. The predicted octanol–water partition coefficient (Wildman–Crippen LogP) is 0.786. The topological polar surface area (TPSA) is 6.48 Å². The molecule has 64 valence electrons. The summed E-state index contributed by atoms with van der Waals surface area (Å²) in [5.74, 6) is 0. The maximum atomic E-state index is 2.66. The number of nitrogens with zero attached hydrogens (tertiary/aromatic N) is 2. The molecule has 1 saturated heterocycles. The Kier molecular flexibility index (Phi) is 1.69. The van der Waals surface area contributed by atoms with Crippen LogP contribution in [0.4, 0.5) is 0 Å². The lowest BCUT2D eigenvalue weighted by atomic mass is 10.1. The maximum Gasteiger partial charge on any atom is 0.0338 e. The summed E-state index contributed by atoms with van der Waals surface area (Å²) in [6, 6.07) is 0. The number of hydrogen-bond donors (Lipinski definition) is 0. The van der Waals surface area contributed by atoms with E-state index < -0.39 is 0 Å². The molecule has 0 atom stereocenters. The summed E-state index contributed by atoms with van der Waals surface area (Å²) in [6.07, 6.45) is 2.87. The van der Waals surface area contributed by atoms with Crippen LogP contribution in [0, 0.1) is 0 Å². The number of rotatable bonds is 1. The first-order valence-electron chi connectivity index (χ1n) is 4.70. The van der Waals surface area contributed by atoms with Crippen LogP contribution in [0.2, 0.25) is 0 Å². The average molecular weight is 154 g/mol. The molecule has 0 aromatic heterocycles. The third-order valence-electron chi connectivity index (χ3n) is 3.20. The molecule has 2 fully saturated rings. The highest BCUT2D eigenvalue weighted by molar-refractivity contribution is 5.07. The molecular weight excluding hydrogens is 136 g/mol. The highest BCUT2D eigenvalue weighted by Gasteiger charge is 2.49. The van der Waals surface area contributed by atoms with Crippen molar-refractivity contribution in [3.63, 3.8) is 0 Å². The van der Waals surface area contributed by atoms with Crippen molar-refractivity contribution in [3.05, 3.63) is 0 Å². The Labute approximate surface area is 69.2 Å². The van der Waals surface area contributed by atoms with E-state index in [1.807, 2.05) is 0 Å². The minimum Gasteiger partial charge on any atom is -0.303 e. The molecule has 0 aromatic rings. The average Bonchev–Trinajstić information content (AvgIpc) is 2.70. The van der Waals surface area contributed by atoms with E-state index in [2.05, 4.69) is 23.8 Å². The second-order valence-electron chi connectivity index (χ2n) is 4.04. The van der Waals surface area contributed by atoms with Crippen LogP contribution in [-0.4, -0.2) is 48.6 Å². The van der Waals surface area contributed by atoms with Gasteiger partial charge in [-0.15, -0.1) is 0 Å². The molecule has 1 aliphatic heterocycles. The molecular formula is C9H18N2. The second-order valence-corrected chi connectivity index (χ2v) is 4.04. The highest BCUT2D eigenvalue weighted by atomic mass is 15.3. The third kappa shape index (κ3) is 1.18. The molecule has 1 saturated carbocycles. The Balaban J connectivity index is 2.02. The zero-order chi connectivity index (χ0) is 7.90. The van der Waals surface area contributed by atoms with Crippen LogP contribution >= 0.6 is 0 Å². The van der Waals surface area contributed by atoms with Crippen molar-refractivity contribution in [1.29, 1.82) is 0 Å². The third-order valence-corrected chi connectivity index (χ3v) is 3.20. The molecule has 2 aliphatic rings. The van der Waals surface area contributed by atoms with E-state index in [1.165, 1.54) is 39.0 Å². The van der Waals surface area contributed by atoms with Gasteiger partial charge in [0.2, 0.25) is 0 Å². The molecule has 2 heteroatoms. The van der Waals surface area contributed by atoms with E-state index in [0.717, 1.165) is 0 Å². The molecule has 1 heterocycles. The van der Waals surface area contributed by atoms with E-state index in [-0.39, 0.29) is 0 Å². The summed E-state index contributed by atoms with van der Waals surface area (Å²) < 4.78 is 0. The lowest BCUT2D eigenvalue weighted by molar-refractivity contribution is 0.0790. The summed E-state index contributed by atoms with van der Waals surface area (Å²) in [7, 11) is 2.24. The minimum atomic E-state index is 0.627. The molecule has 0 radical (unpaired) electrons. The van der Waals surface area contributed by atoms with Gasteiger partial charge in [0.05, 0.1) is 0 Å². The van der Waals surface area contributed by atoms with Crippen LogP contribution in [0.1, 0.15) is 19.8 Å². The van der Waals surface area contributed by atoms with E-state index in [0.29, 0.717) is 5.54 Å². The zero-order valence-electron chi connectivity index (χ0n) is 7.64. The van der Waals surface area contributed by atoms with E-state index in [4.69, 9.17) is 0 Å². The van der Waals surface area contributed by atoms with Crippen LogP contribution in [-0.2, 0) is 0 Å². The summed E-state index contributed by atoms with van der Waals surface area (Å²) in [6.45, 7) is 7.38. The molecule has 0 aromatic carbocycles. The molecule has 0 N–H and O–H groups in total. The molecule has 2 rings (SSSR count). The Morgan fingerprint density at radius 1 is 1.27 bits per heavy atom. The normalized spacial score (nSPS) is 31.1. The summed E-state index contributed by atoms with van der Waals surface area (Å²) >= 11 is 0. The van der Waals surface area contributed by atoms with Gasteiger partial charge in [-0.3, -0.25) is 4.90 Å². The smallest absolute Gasteiger partial charge is 0.0338 e. The Bertz CT molecular complexity index is 152. The fourth-order valence-electron chi connectivity index (χ4n) is 2.32. The van der Waals surface area contributed by atoms with Gasteiger partial charge in [-0.2, -0.15) is 0 Å². The standard InChI is InChI=1S/C9H18N2/c1-3-11-7-6-10(2)8-9(11)4-5-9/h3-8H2,1-2H3. The molecule has 0 bridgehead atoms. The van der Waals surface area contributed by atoms with Gasteiger partial charge in [0.15, 0.2) is 0 Å². The molecule has 1 aliphatic carbocycles. The molecule has 2 nitrogen and oxygen atoms in total. The Morgan fingerprint density at radius 2 is 2.00 bits per heavy atom. The number of hydrogen-bond acceptors (Lipinski definition) is 2. The van der Waals surface area contributed by atoms with Crippen molar-refractivity contribution in [2.75, 3.05) is 33.2 Å². The van der Waals surface area contributed by atoms with Crippen molar-refractivity contribution in [2.45, 2.75) is 25.3 Å². The lowest BCUT2D eigenvalue weighted by Gasteiger charge is -2.40. The Morgan fingerprint density at radius 3 is 2.55 bits per heavy atom. The second kappa shape index (κ2) is 2.46. The van der Waals surface area contributed by atoms with Crippen molar-refractivity contribution in [2.24, 2.45) is 0 Å². The van der Waals surface area contributed by atoms with Crippen molar-refractivity contribution >= 4 is 0 Å². The summed E-state index contributed by atoms with van der Waals surface area (Å²) in [4.78, 5) is 5.13. The van der Waals surface area contributed by atoms with Crippen LogP contribution in [0.25, 0.3) is 0 Å². The summed E-state index contributed by atoms with van der Waals surface area (Å²) in [5.41, 5.74) is 0.627. The van der Waals surface area contributed by atoms with E-state index in [1.54, 1.807) is 0 Å². The Hall–Kier alpha value is -0.0800. The van der Waals surface area contributed by atoms with Gasteiger partial charge in [0, 0.05) is 25.2 Å². The first-order chi connectivity index (χ1) is 5.27. The molecule has 0 unspecified atom stereocenters. The fourth-order valence-corrected chi connectivity index (χ4v) is 2.32. The van der Waals surface area contributed by atoms with Crippen LogP contribution in [0.3, 0.4) is 0 Å². The first-order valence-corrected chi connectivity index (χ1v) is 4.70. The number of likely N-dealkylation sites (N-methyl/N-ethyl adjacent to an activating group) is 2. The van der Waals surface area contributed by atoms with Gasteiger partial charge in [-0.05, 0) is 26.4 Å². The monoisotopic (exact) mass is 154 g/mol. The van der Waals surface area contributed by atoms with Crippen LogP contribution in [0.5, 0.6) is 0 Å². The number of piperazine rings is 1. The molecule has 0 amide bonds. The van der Waals surface area contributed by atoms with Crippen molar-refractivity contribution in [3.8, 4) is 0 Å². The van der Waals surface area contributed by atoms with Gasteiger partial charge in [-0.25, -0.2) is 0 Å². The quantitative estimate of drug-likeness (QED) is 0.551. The first kappa shape index (κ1) is 7.56. The summed E-state index contributed by atoms with van der Waals surface area (Å²) in [5, 5.41) is 0. The molecule has 11 heavy (non-hydrogen) atoms. The SMILES string of the molecule is CCN1CCN(C)CC12CC2. The predicted molar refractivity (Wildman–Crippen MR) is 46.7 cm³/mol. The van der Waals surface area contributed by atoms with Gasteiger partial charge >= 0.3 is 0 Å². The van der Waals surface area contributed by atoms with Crippen molar-refractivity contribution in [1.82, 2.24) is 9.80 Å². The molecule has 1 spiro atoms. The zero-order valence-corrected chi connectivity index (χ0v) is 7.64. The van der Waals surface area contributed by atoms with Gasteiger partial charge in [0.25, 0.3) is 0 Å². The lowest BCUT2D eigenvalue weighted by Crippen LogP contribution is -2.53. The maximum absolute atomic E-state index is 2.66. The largest absolute Gasteiger partial charge is 0.303 e. The van der Waals surface area contributed by atoms with Gasteiger partial charge in [-0.1, -0.05) is 6.92 Å². The van der Waals surface area contributed by atoms with Gasteiger partial charge < -0.3 is 4.90 Å². The van der Waals surface area contributed by atoms with E-state index in [9.17, 15) is 0 Å². The van der Waals surface area contributed by atoms with E-state index >= 15 is 0 Å². The van der Waals surface area contributed by atoms with Crippen molar-refractivity contribution < 1.29 is 0 Å². The van der Waals surface area contributed by atoms with Crippen LogP contribution < -0.4 is 0 Å². The van der Waals surface area contributed by atoms with Gasteiger partial charge in [0.1, 0.15) is 0 Å². The van der Waals surface area contributed by atoms with Crippen LogP contribution in [0.15, 0.2) is 0 Å². The minimum absolute atomic E-state index is 0.627.